The Hall–Kier alpha value is -4.58. The highest BCUT2D eigenvalue weighted by atomic mass is 16.7. The number of nitrogens with zero attached hydrogens (tertiary/aromatic N) is 5. The summed E-state index contributed by atoms with van der Waals surface area (Å²) in [6, 6.07) is 14.1. The standard InChI is InChI=1S/C22H21N6O6/c1-13(19-21(29)33-25-27(19)15-9-5-7-11-17(15)31-3)23-24-14(2)20-22(30)34-26-28(20)16-10-6-8-12-18(16)32-4/h5-12,25H,1-4H3/q+1/b19-13-,20-14+,24-23+. The molecule has 1 fully saturated rings. The fraction of sp³-hybridized carbons (Fsp3) is 0.182. The molecule has 0 radical (unpaired) electrons. The number of para-hydroxylation sites is 4. The van der Waals surface area contributed by atoms with Crippen molar-refractivity contribution < 1.29 is 33.4 Å². The van der Waals surface area contributed by atoms with E-state index in [1.54, 1.807) is 62.4 Å². The average Bonchev–Trinajstić information content (AvgIpc) is 3.44. The van der Waals surface area contributed by atoms with Crippen LogP contribution >= 0.6 is 0 Å². The summed E-state index contributed by atoms with van der Waals surface area (Å²) in [6.45, 7) is 3.16. The number of benzene rings is 2. The Morgan fingerprint density at radius 1 is 0.941 bits per heavy atom. The van der Waals surface area contributed by atoms with Crippen molar-refractivity contribution in [3.05, 3.63) is 71.3 Å². The van der Waals surface area contributed by atoms with Crippen LogP contribution in [0, 0.1) is 0 Å². The van der Waals surface area contributed by atoms with Gasteiger partial charge in [0.25, 0.3) is 5.69 Å². The second-order valence-corrected chi connectivity index (χ2v) is 7.00. The zero-order valence-electron chi connectivity index (χ0n) is 18.8. The van der Waals surface area contributed by atoms with Gasteiger partial charge in [-0.2, -0.15) is 5.11 Å². The Morgan fingerprint density at radius 3 is 2.32 bits per heavy atom. The van der Waals surface area contributed by atoms with Crippen molar-refractivity contribution in [3.63, 3.8) is 0 Å². The van der Waals surface area contributed by atoms with E-state index in [1.165, 1.54) is 23.9 Å². The first-order chi connectivity index (χ1) is 16.5. The average molecular weight is 465 g/mol. The first-order valence-corrected chi connectivity index (χ1v) is 10.0. The van der Waals surface area contributed by atoms with Crippen LogP contribution in [0.3, 0.4) is 0 Å². The summed E-state index contributed by atoms with van der Waals surface area (Å²) in [5.74, 6) is -0.363. The molecule has 2 heterocycles. The van der Waals surface area contributed by atoms with Crippen molar-refractivity contribution in [1.29, 1.82) is 0 Å². The third-order valence-electron chi connectivity index (χ3n) is 4.93. The summed E-state index contributed by atoms with van der Waals surface area (Å²) in [5, 5.41) is 13.5. The summed E-state index contributed by atoms with van der Waals surface area (Å²) < 4.78 is 12.0. The van der Waals surface area contributed by atoms with Crippen LogP contribution in [-0.2, 0) is 19.3 Å². The van der Waals surface area contributed by atoms with E-state index < -0.39 is 11.9 Å². The van der Waals surface area contributed by atoms with Gasteiger partial charge in [-0.05, 0) is 32.0 Å². The highest BCUT2D eigenvalue weighted by Gasteiger charge is 2.41. The molecule has 0 aliphatic carbocycles. The Balaban J connectivity index is 1.70. The van der Waals surface area contributed by atoms with Crippen molar-refractivity contribution in [2.75, 3.05) is 19.2 Å². The molecule has 2 aliphatic rings. The zero-order valence-corrected chi connectivity index (χ0v) is 18.8. The summed E-state index contributed by atoms with van der Waals surface area (Å²) in [5.41, 5.74) is 4.16. The predicted molar refractivity (Wildman–Crippen MR) is 116 cm³/mol. The topological polar surface area (TPSA) is 126 Å². The highest BCUT2D eigenvalue weighted by molar-refractivity contribution is 5.95. The van der Waals surface area contributed by atoms with Crippen LogP contribution in [0.1, 0.15) is 13.8 Å². The lowest BCUT2D eigenvalue weighted by atomic mass is 10.2. The van der Waals surface area contributed by atoms with Gasteiger partial charge in [-0.3, -0.25) is 4.84 Å². The van der Waals surface area contributed by atoms with E-state index in [1.807, 2.05) is 0 Å². The molecule has 0 aromatic heterocycles. The second kappa shape index (κ2) is 9.50. The molecular formula is C22H21N6O6+. The van der Waals surface area contributed by atoms with Gasteiger partial charge in [0.1, 0.15) is 17.1 Å². The maximum absolute atomic E-state index is 12.4. The lowest BCUT2D eigenvalue weighted by Crippen LogP contribution is -2.29. The Bertz CT molecular complexity index is 1280. The van der Waals surface area contributed by atoms with E-state index in [-0.39, 0.29) is 22.8 Å². The first-order valence-electron chi connectivity index (χ1n) is 10.0. The van der Waals surface area contributed by atoms with Gasteiger partial charge in [-0.1, -0.05) is 29.9 Å². The molecule has 12 nitrogen and oxygen atoms in total. The summed E-state index contributed by atoms with van der Waals surface area (Å²) in [7, 11) is 3.02. The molecule has 2 aromatic rings. The van der Waals surface area contributed by atoms with Crippen molar-refractivity contribution >= 4 is 23.3 Å². The molecule has 0 atom stereocenters. The Kier molecular flexibility index (Phi) is 6.32. The third kappa shape index (κ3) is 4.09. The zero-order chi connectivity index (χ0) is 24.2. The maximum Gasteiger partial charge on any atom is 0.439 e. The molecule has 0 spiro atoms. The maximum atomic E-state index is 12.4. The number of nitrogens with one attached hydrogen (secondary N) is 1. The summed E-state index contributed by atoms with van der Waals surface area (Å²) in [4.78, 5) is 34.6. The van der Waals surface area contributed by atoms with Gasteiger partial charge >= 0.3 is 17.6 Å². The van der Waals surface area contributed by atoms with Crippen LogP contribution in [-0.4, -0.2) is 30.9 Å². The van der Waals surface area contributed by atoms with Gasteiger partial charge in [0, 0.05) is 10.8 Å². The second-order valence-electron chi connectivity index (χ2n) is 7.00. The quantitative estimate of drug-likeness (QED) is 0.389. The predicted octanol–water partition coefficient (Wildman–Crippen LogP) is 3.67. The minimum absolute atomic E-state index is 0.0553. The van der Waals surface area contributed by atoms with Gasteiger partial charge < -0.3 is 14.3 Å². The number of rotatable bonds is 6. The van der Waals surface area contributed by atoms with Crippen LogP contribution in [0.15, 0.2) is 86.8 Å². The van der Waals surface area contributed by atoms with E-state index >= 15 is 0 Å². The molecule has 34 heavy (non-hydrogen) atoms. The smallest absolute Gasteiger partial charge is 0.439 e. The van der Waals surface area contributed by atoms with E-state index in [4.69, 9.17) is 19.1 Å². The highest BCUT2D eigenvalue weighted by Crippen LogP contribution is 2.34. The molecule has 0 saturated carbocycles. The fourth-order valence-electron chi connectivity index (χ4n) is 3.33. The van der Waals surface area contributed by atoms with E-state index in [9.17, 15) is 9.59 Å². The van der Waals surface area contributed by atoms with Gasteiger partial charge in [0.15, 0.2) is 11.4 Å². The number of allylic oxidation sites excluding steroid dienone is 2. The van der Waals surface area contributed by atoms with E-state index in [2.05, 4.69) is 21.1 Å². The molecule has 4 rings (SSSR count). The van der Waals surface area contributed by atoms with Crippen LogP contribution in [0.4, 0.5) is 11.4 Å². The Labute approximate surface area is 194 Å². The molecule has 0 amide bonds. The molecule has 0 bridgehead atoms. The van der Waals surface area contributed by atoms with Crippen molar-refractivity contribution in [2.45, 2.75) is 13.8 Å². The minimum Gasteiger partial charge on any atom is -0.495 e. The third-order valence-corrected chi connectivity index (χ3v) is 4.93. The lowest BCUT2D eigenvalue weighted by molar-refractivity contribution is -0.465. The van der Waals surface area contributed by atoms with Crippen LogP contribution < -0.4 is 20.1 Å². The van der Waals surface area contributed by atoms with Crippen molar-refractivity contribution in [3.8, 4) is 11.5 Å². The van der Waals surface area contributed by atoms with Gasteiger partial charge in [0.2, 0.25) is 5.28 Å². The lowest BCUT2D eigenvalue weighted by Gasteiger charge is -2.18. The molecule has 1 saturated heterocycles. The number of methoxy groups -OCH3 is 2. The number of azo groups is 1. The number of hydrogen-bond acceptors (Lipinski definition) is 11. The monoisotopic (exact) mass is 465 g/mol. The molecule has 2 aliphatic heterocycles. The van der Waals surface area contributed by atoms with Crippen molar-refractivity contribution in [2.24, 2.45) is 15.5 Å². The van der Waals surface area contributed by atoms with Crippen molar-refractivity contribution in [1.82, 2.24) is 5.59 Å². The number of carbonyl (C=O) groups is 2. The van der Waals surface area contributed by atoms with Gasteiger partial charge in [0.05, 0.1) is 19.9 Å². The molecule has 2 aromatic carbocycles. The molecule has 1 N–H and O–H groups in total. The van der Waals surface area contributed by atoms with Crippen LogP contribution in [0.25, 0.3) is 0 Å². The largest absolute Gasteiger partial charge is 0.495 e. The van der Waals surface area contributed by atoms with Gasteiger partial charge in [-0.25, -0.2) is 14.6 Å². The fourth-order valence-corrected chi connectivity index (χ4v) is 3.33. The summed E-state index contributed by atoms with van der Waals surface area (Å²) >= 11 is 0. The molecule has 0 unspecified atom stereocenters. The first kappa shape index (κ1) is 22.6. The molecule has 174 valence electrons. The van der Waals surface area contributed by atoms with Crippen LogP contribution in [0.2, 0.25) is 0 Å². The van der Waals surface area contributed by atoms with Crippen LogP contribution in [0.5, 0.6) is 11.5 Å². The molecule has 12 heteroatoms. The number of ether oxygens (including phenoxy) is 2. The normalized spacial score (nSPS) is 18.6. The SMILES string of the molecule is COc1ccccc1N1NOC(=O)/C1=C(C)/N=N/C(C)=C1\C(=O)ON=[N+]1c1ccccc1OC. The summed E-state index contributed by atoms with van der Waals surface area (Å²) in [6.07, 6.45) is 0. The number of carbonyl (C=O) groups excluding carboxylic acids is 2. The molecular weight excluding hydrogens is 444 g/mol. The number of hydrogen-bond donors (Lipinski definition) is 1. The number of hydrazine groups is 1. The minimum atomic E-state index is -0.703. The number of anilines is 1. The van der Waals surface area contributed by atoms with E-state index in [0.717, 1.165) is 0 Å². The van der Waals surface area contributed by atoms with E-state index in [0.29, 0.717) is 22.9 Å². The Morgan fingerprint density at radius 2 is 1.59 bits per heavy atom. The van der Waals surface area contributed by atoms with Gasteiger partial charge in [-0.15, -0.1) is 5.11 Å².